The van der Waals surface area contributed by atoms with Crippen LogP contribution in [0.25, 0.3) is 11.1 Å². The van der Waals surface area contributed by atoms with Gasteiger partial charge in [-0.2, -0.15) is 0 Å². The second-order valence-corrected chi connectivity index (χ2v) is 13.2. The van der Waals surface area contributed by atoms with Gasteiger partial charge >= 0.3 is 12.1 Å². The molecule has 0 unspecified atom stereocenters. The average Bonchev–Trinajstić information content (AvgIpc) is 3.39. The van der Waals surface area contributed by atoms with Gasteiger partial charge in [0.15, 0.2) is 0 Å². The van der Waals surface area contributed by atoms with E-state index in [4.69, 9.17) is 14.2 Å². The maximum absolute atomic E-state index is 13.3. The molecule has 0 aliphatic carbocycles. The van der Waals surface area contributed by atoms with Crippen molar-refractivity contribution in [3.63, 3.8) is 0 Å². The Bertz CT molecular complexity index is 1500. The summed E-state index contributed by atoms with van der Waals surface area (Å²) in [5.74, 6) is 0.167. The number of hydrogen-bond acceptors (Lipinski definition) is 9. The summed E-state index contributed by atoms with van der Waals surface area (Å²) in [6.45, 7) is 4.75. The highest BCUT2D eigenvalue weighted by molar-refractivity contribution is 9.11. The molecule has 0 radical (unpaired) electrons. The van der Waals surface area contributed by atoms with E-state index in [0.29, 0.717) is 51.8 Å². The number of thiophene rings is 1. The molecule has 0 atom stereocenters. The smallest absolute Gasteiger partial charge is 0.415 e. The van der Waals surface area contributed by atoms with Crippen LogP contribution < -0.4 is 19.7 Å². The highest BCUT2D eigenvalue weighted by Gasteiger charge is 2.39. The SMILES string of the molecule is COc1cc(OC(=O)N(C)CCN(C)C)ccc1-c1ccc2c(c1COC(=O)c1ccc(Br)s1)N(C)C(=O)C(C)(C)N2. The lowest BCUT2D eigenvalue weighted by molar-refractivity contribution is -0.121. The first kappa shape index (κ1) is 31.3. The van der Waals surface area contributed by atoms with Gasteiger partial charge in [0.05, 0.1) is 22.3 Å². The number of methoxy groups -OCH3 is 1. The van der Waals surface area contributed by atoms with Gasteiger partial charge in [-0.05, 0) is 79.8 Å². The average molecular weight is 660 g/mol. The van der Waals surface area contributed by atoms with Crippen LogP contribution >= 0.6 is 27.3 Å². The van der Waals surface area contributed by atoms with E-state index in [1.54, 1.807) is 49.3 Å². The number of benzene rings is 2. The Kier molecular flexibility index (Phi) is 9.49. The number of amides is 2. The lowest BCUT2D eigenvalue weighted by Crippen LogP contribution is -2.52. The minimum atomic E-state index is -0.816. The molecule has 0 saturated carbocycles. The molecule has 2 heterocycles. The number of ether oxygens (including phenoxy) is 3. The zero-order chi connectivity index (χ0) is 30.8. The Hall–Kier alpha value is -3.61. The zero-order valence-electron chi connectivity index (χ0n) is 24.7. The van der Waals surface area contributed by atoms with Crippen molar-refractivity contribution >= 4 is 56.6 Å². The molecule has 0 spiro atoms. The summed E-state index contributed by atoms with van der Waals surface area (Å²) >= 11 is 4.66. The fourth-order valence-electron chi connectivity index (χ4n) is 4.64. The highest BCUT2D eigenvalue weighted by Crippen LogP contribution is 2.45. The molecule has 42 heavy (non-hydrogen) atoms. The highest BCUT2D eigenvalue weighted by atomic mass is 79.9. The molecule has 0 saturated heterocycles. The number of nitrogens with zero attached hydrogens (tertiary/aromatic N) is 3. The van der Waals surface area contributed by atoms with E-state index in [1.807, 2.05) is 45.0 Å². The molecule has 224 valence electrons. The van der Waals surface area contributed by atoms with E-state index in [9.17, 15) is 14.4 Å². The Labute approximate surface area is 258 Å². The van der Waals surface area contributed by atoms with Crippen LogP contribution in [-0.2, 0) is 16.1 Å². The van der Waals surface area contributed by atoms with Crippen LogP contribution in [0, 0.1) is 0 Å². The van der Waals surface area contributed by atoms with Crippen molar-refractivity contribution < 1.29 is 28.6 Å². The van der Waals surface area contributed by atoms with Crippen LogP contribution in [0.5, 0.6) is 11.5 Å². The van der Waals surface area contributed by atoms with Gasteiger partial charge in [0.1, 0.15) is 28.5 Å². The van der Waals surface area contributed by atoms with Crippen LogP contribution in [0.4, 0.5) is 16.2 Å². The maximum Gasteiger partial charge on any atom is 0.415 e. The number of rotatable bonds is 9. The first-order valence-corrected chi connectivity index (χ1v) is 14.8. The van der Waals surface area contributed by atoms with E-state index in [2.05, 4.69) is 21.2 Å². The molecule has 0 fully saturated rings. The van der Waals surface area contributed by atoms with Gasteiger partial charge < -0.3 is 34.2 Å². The van der Waals surface area contributed by atoms with Crippen molar-refractivity contribution in [1.29, 1.82) is 0 Å². The first-order valence-electron chi connectivity index (χ1n) is 13.2. The number of carbonyl (C=O) groups is 3. The summed E-state index contributed by atoms with van der Waals surface area (Å²) in [4.78, 5) is 44.3. The third-order valence-corrected chi connectivity index (χ3v) is 8.49. The van der Waals surface area contributed by atoms with E-state index in [1.165, 1.54) is 23.3 Å². The predicted octanol–water partition coefficient (Wildman–Crippen LogP) is 5.70. The van der Waals surface area contributed by atoms with E-state index < -0.39 is 17.6 Å². The molecular weight excluding hydrogens is 624 g/mol. The van der Waals surface area contributed by atoms with Crippen molar-refractivity contribution in [3.8, 4) is 22.6 Å². The van der Waals surface area contributed by atoms with Gasteiger partial charge in [0.25, 0.3) is 5.91 Å². The molecule has 1 aromatic heterocycles. The summed E-state index contributed by atoms with van der Waals surface area (Å²) in [6.07, 6.45) is -0.484. The zero-order valence-corrected chi connectivity index (χ0v) is 27.1. The summed E-state index contributed by atoms with van der Waals surface area (Å²) < 4.78 is 17.9. The molecule has 1 aliphatic rings. The number of anilines is 2. The summed E-state index contributed by atoms with van der Waals surface area (Å²) in [5, 5.41) is 3.31. The second kappa shape index (κ2) is 12.7. The van der Waals surface area contributed by atoms with Crippen molar-refractivity contribution in [1.82, 2.24) is 9.80 Å². The quantitative estimate of drug-likeness (QED) is 0.292. The van der Waals surface area contributed by atoms with Gasteiger partial charge in [0, 0.05) is 44.4 Å². The molecule has 12 heteroatoms. The Balaban J connectivity index is 1.72. The molecule has 2 aromatic carbocycles. The standard InChI is InChI=1S/C30H35BrN4O6S/c1-30(2)28(37)35(6)26-21(17-40-27(36)24-12-13-25(31)42-24)19(10-11-22(26)32-30)20-9-8-18(16-23(20)39-7)41-29(38)34(5)15-14-33(3)4/h8-13,16,32H,14-15,17H2,1-7H3. The molecule has 1 N–H and O–H groups in total. The normalized spacial score (nSPS) is 13.8. The monoisotopic (exact) mass is 658 g/mol. The van der Waals surface area contributed by atoms with Crippen LogP contribution in [0.1, 0.15) is 29.1 Å². The first-order chi connectivity index (χ1) is 19.8. The number of likely N-dealkylation sites (N-methyl/N-ethyl adjacent to an activating group) is 3. The van der Waals surface area contributed by atoms with Crippen LogP contribution in [0.3, 0.4) is 0 Å². The molecular formula is C30H35BrN4O6S. The van der Waals surface area contributed by atoms with Crippen molar-refractivity contribution in [2.45, 2.75) is 26.0 Å². The third-order valence-electron chi connectivity index (χ3n) is 6.89. The Morgan fingerprint density at radius 3 is 2.40 bits per heavy atom. The van der Waals surface area contributed by atoms with E-state index in [0.717, 1.165) is 9.47 Å². The third kappa shape index (κ3) is 6.71. The van der Waals surface area contributed by atoms with Crippen molar-refractivity contribution in [2.24, 2.45) is 0 Å². The molecule has 1 aliphatic heterocycles. The van der Waals surface area contributed by atoms with Crippen LogP contribution in [0.2, 0.25) is 0 Å². The van der Waals surface area contributed by atoms with Gasteiger partial charge in [-0.3, -0.25) is 4.79 Å². The number of esters is 1. The number of halogens is 1. The minimum absolute atomic E-state index is 0.0941. The number of hydrogen-bond donors (Lipinski definition) is 1. The summed E-state index contributed by atoms with van der Waals surface area (Å²) in [7, 11) is 8.79. The van der Waals surface area contributed by atoms with E-state index in [-0.39, 0.29) is 12.5 Å². The predicted molar refractivity (Wildman–Crippen MR) is 168 cm³/mol. The summed E-state index contributed by atoms with van der Waals surface area (Å²) in [5.41, 5.74) is 2.54. The molecule has 10 nitrogen and oxygen atoms in total. The molecule has 0 bridgehead atoms. The van der Waals surface area contributed by atoms with Gasteiger partial charge in [-0.1, -0.05) is 6.07 Å². The van der Waals surface area contributed by atoms with E-state index >= 15 is 0 Å². The second-order valence-electron chi connectivity index (χ2n) is 10.7. The fourth-order valence-corrected chi connectivity index (χ4v) is 5.92. The number of fused-ring (bicyclic) bond motifs is 1. The van der Waals surface area contributed by atoms with Gasteiger partial charge in [0.2, 0.25) is 0 Å². The Morgan fingerprint density at radius 2 is 1.76 bits per heavy atom. The number of nitrogens with one attached hydrogen (secondary N) is 1. The van der Waals surface area contributed by atoms with Crippen molar-refractivity contribution in [3.05, 3.63) is 56.7 Å². The topological polar surface area (TPSA) is 101 Å². The number of carbonyl (C=O) groups excluding carboxylic acids is 3. The molecule has 4 rings (SSSR count). The molecule has 2 amide bonds. The summed E-state index contributed by atoms with van der Waals surface area (Å²) in [6, 6.07) is 12.4. The minimum Gasteiger partial charge on any atom is -0.496 e. The lowest BCUT2D eigenvalue weighted by atomic mass is 9.92. The lowest BCUT2D eigenvalue weighted by Gasteiger charge is -2.39. The van der Waals surface area contributed by atoms with Crippen LogP contribution in [-0.4, -0.2) is 81.7 Å². The fraction of sp³-hybridized carbons (Fsp3) is 0.367. The van der Waals surface area contributed by atoms with Gasteiger partial charge in [-0.15, -0.1) is 11.3 Å². The Morgan fingerprint density at radius 1 is 1.05 bits per heavy atom. The van der Waals surface area contributed by atoms with Crippen molar-refractivity contribution in [2.75, 3.05) is 58.6 Å². The largest absolute Gasteiger partial charge is 0.496 e. The molecule has 3 aromatic rings. The maximum atomic E-state index is 13.3. The van der Waals surface area contributed by atoms with Gasteiger partial charge in [-0.25, -0.2) is 9.59 Å². The van der Waals surface area contributed by atoms with Crippen LogP contribution in [0.15, 0.2) is 46.3 Å².